The van der Waals surface area contributed by atoms with Crippen LogP contribution in [0.5, 0.6) is 0 Å². The molecule has 2 aromatic rings. The van der Waals surface area contributed by atoms with Gasteiger partial charge in [-0.1, -0.05) is 54.6 Å². The lowest BCUT2D eigenvalue weighted by molar-refractivity contribution is 0.507. The maximum Gasteiger partial charge on any atom is 0.216 e. The van der Waals surface area contributed by atoms with Crippen LogP contribution in [-0.4, -0.2) is 8.42 Å². The molecule has 2 aromatic carbocycles. The zero-order valence-corrected chi connectivity index (χ0v) is 12.6. The monoisotopic (exact) mass is 301 g/mol. The van der Waals surface area contributed by atoms with Crippen molar-refractivity contribution in [3.63, 3.8) is 0 Å². The summed E-state index contributed by atoms with van der Waals surface area (Å²) in [5.74, 6) is 0.0342. The summed E-state index contributed by atoms with van der Waals surface area (Å²) >= 11 is 0. The van der Waals surface area contributed by atoms with Crippen LogP contribution in [0.3, 0.4) is 0 Å². The van der Waals surface area contributed by atoms with Crippen molar-refractivity contribution in [2.24, 2.45) is 0 Å². The Hall–Kier alpha value is -1.65. The first kappa shape index (κ1) is 14.3. The number of hydrogen-bond acceptors (Lipinski definition) is 2. The summed E-state index contributed by atoms with van der Waals surface area (Å²) in [5.41, 5.74) is 3.20. The average Bonchev–Trinajstić information content (AvgIpc) is 2.48. The Balaban J connectivity index is 1.78. The molecule has 0 saturated carbocycles. The smallest absolute Gasteiger partial charge is 0.212 e. The fourth-order valence-electron chi connectivity index (χ4n) is 2.93. The van der Waals surface area contributed by atoms with Crippen LogP contribution in [0.1, 0.15) is 35.6 Å². The summed E-state index contributed by atoms with van der Waals surface area (Å²) in [6, 6.07) is 17.3. The third kappa shape index (κ3) is 3.52. The topological polar surface area (TPSA) is 46.2 Å². The van der Waals surface area contributed by atoms with E-state index in [1.165, 1.54) is 5.56 Å². The number of nitrogens with one attached hydrogen (secondary N) is 1. The molecule has 0 fully saturated rings. The van der Waals surface area contributed by atoms with Gasteiger partial charge in [-0.15, -0.1) is 0 Å². The zero-order valence-electron chi connectivity index (χ0n) is 11.8. The van der Waals surface area contributed by atoms with E-state index >= 15 is 0 Å². The SMILES string of the molecule is O=S(=O)(Cc1ccccc1)N[C@@H]1CCCc2ccccc21. The van der Waals surface area contributed by atoms with Gasteiger partial charge in [-0.05, 0) is 36.0 Å². The van der Waals surface area contributed by atoms with Gasteiger partial charge < -0.3 is 0 Å². The first-order chi connectivity index (χ1) is 10.1. The number of benzene rings is 2. The van der Waals surface area contributed by atoms with Crippen LogP contribution < -0.4 is 4.72 Å². The molecule has 110 valence electrons. The normalized spacial score (nSPS) is 18.2. The highest BCUT2D eigenvalue weighted by atomic mass is 32.2. The van der Waals surface area contributed by atoms with Crippen LogP contribution in [0, 0.1) is 0 Å². The van der Waals surface area contributed by atoms with Crippen LogP contribution >= 0.6 is 0 Å². The molecule has 0 radical (unpaired) electrons. The van der Waals surface area contributed by atoms with Crippen LogP contribution in [0.2, 0.25) is 0 Å². The van der Waals surface area contributed by atoms with Crippen LogP contribution in [0.4, 0.5) is 0 Å². The standard InChI is InChI=1S/C17H19NO2S/c19-21(20,13-14-7-2-1-3-8-14)18-17-12-6-10-15-9-4-5-11-16(15)17/h1-5,7-9,11,17-18H,6,10,12-13H2/t17-/m1/s1. The van der Waals surface area contributed by atoms with E-state index in [4.69, 9.17) is 0 Å². The van der Waals surface area contributed by atoms with E-state index in [2.05, 4.69) is 10.8 Å². The van der Waals surface area contributed by atoms with Crippen molar-refractivity contribution in [3.8, 4) is 0 Å². The van der Waals surface area contributed by atoms with E-state index < -0.39 is 10.0 Å². The summed E-state index contributed by atoms with van der Waals surface area (Å²) in [6.07, 6.45) is 2.92. The Kier molecular flexibility index (Phi) is 4.08. The molecule has 0 aromatic heterocycles. The highest BCUT2D eigenvalue weighted by Gasteiger charge is 2.24. The molecule has 0 amide bonds. The van der Waals surface area contributed by atoms with Crippen molar-refractivity contribution in [2.75, 3.05) is 0 Å². The second kappa shape index (κ2) is 6.00. The molecule has 1 aliphatic carbocycles. The van der Waals surface area contributed by atoms with Gasteiger partial charge >= 0.3 is 0 Å². The number of rotatable bonds is 4. The molecule has 0 bridgehead atoms. The Morgan fingerprint density at radius 1 is 1.00 bits per heavy atom. The lowest BCUT2D eigenvalue weighted by atomic mass is 9.88. The third-order valence-corrected chi connectivity index (χ3v) is 5.25. The van der Waals surface area contributed by atoms with Crippen molar-refractivity contribution < 1.29 is 8.42 Å². The predicted octanol–water partition coefficient (Wildman–Crippen LogP) is 3.18. The Bertz CT molecular complexity index is 711. The van der Waals surface area contributed by atoms with E-state index in [0.717, 1.165) is 30.4 Å². The van der Waals surface area contributed by atoms with Crippen LogP contribution in [0.15, 0.2) is 54.6 Å². The molecule has 21 heavy (non-hydrogen) atoms. The van der Waals surface area contributed by atoms with E-state index in [1.54, 1.807) is 0 Å². The molecule has 0 heterocycles. The van der Waals surface area contributed by atoms with Crippen molar-refractivity contribution >= 4 is 10.0 Å². The minimum atomic E-state index is -3.33. The van der Waals surface area contributed by atoms with Gasteiger partial charge in [0.25, 0.3) is 0 Å². The van der Waals surface area contributed by atoms with Gasteiger partial charge in [0.2, 0.25) is 10.0 Å². The van der Waals surface area contributed by atoms with Gasteiger partial charge in [-0.3, -0.25) is 0 Å². The molecule has 0 aliphatic heterocycles. The first-order valence-electron chi connectivity index (χ1n) is 7.26. The summed E-state index contributed by atoms with van der Waals surface area (Å²) in [4.78, 5) is 0. The molecular weight excluding hydrogens is 282 g/mol. The van der Waals surface area contributed by atoms with E-state index in [-0.39, 0.29) is 11.8 Å². The molecule has 0 spiro atoms. The summed E-state index contributed by atoms with van der Waals surface area (Å²) in [7, 11) is -3.33. The highest BCUT2D eigenvalue weighted by Crippen LogP contribution is 2.30. The average molecular weight is 301 g/mol. The summed E-state index contributed by atoms with van der Waals surface area (Å²) in [6.45, 7) is 0. The molecule has 1 atom stereocenters. The second-order valence-electron chi connectivity index (χ2n) is 5.51. The van der Waals surface area contributed by atoms with Gasteiger partial charge in [-0.25, -0.2) is 13.1 Å². The molecule has 1 aliphatic rings. The fourth-order valence-corrected chi connectivity index (χ4v) is 4.32. The minimum absolute atomic E-state index is 0.0342. The number of hydrogen-bond donors (Lipinski definition) is 1. The number of fused-ring (bicyclic) bond motifs is 1. The first-order valence-corrected chi connectivity index (χ1v) is 8.91. The predicted molar refractivity (Wildman–Crippen MR) is 84.3 cm³/mol. The van der Waals surface area contributed by atoms with Crippen molar-refractivity contribution in [1.82, 2.24) is 4.72 Å². The van der Waals surface area contributed by atoms with Crippen LogP contribution in [0.25, 0.3) is 0 Å². The summed E-state index contributed by atoms with van der Waals surface area (Å²) < 4.78 is 27.6. The lowest BCUT2D eigenvalue weighted by Gasteiger charge is -2.26. The zero-order chi connectivity index (χ0) is 14.7. The Labute approximate surface area is 126 Å². The maximum absolute atomic E-state index is 12.4. The Morgan fingerprint density at radius 2 is 1.71 bits per heavy atom. The van der Waals surface area contributed by atoms with Gasteiger partial charge in [0.15, 0.2) is 0 Å². The largest absolute Gasteiger partial charge is 0.216 e. The molecule has 1 N–H and O–H groups in total. The highest BCUT2D eigenvalue weighted by molar-refractivity contribution is 7.88. The molecule has 0 unspecified atom stereocenters. The molecular formula is C17H19NO2S. The van der Waals surface area contributed by atoms with Crippen molar-refractivity contribution in [3.05, 3.63) is 71.3 Å². The number of aryl methyl sites for hydroxylation is 1. The van der Waals surface area contributed by atoms with Crippen molar-refractivity contribution in [2.45, 2.75) is 31.1 Å². The van der Waals surface area contributed by atoms with Gasteiger partial charge in [0.1, 0.15) is 0 Å². The third-order valence-electron chi connectivity index (χ3n) is 3.89. The van der Waals surface area contributed by atoms with E-state index in [1.807, 2.05) is 48.5 Å². The lowest BCUT2D eigenvalue weighted by Crippen LogP contribution is -2.31. The Morgan fingerprint density at radius 3 is 2.52 bits per heavy atom. The molecule has 4 heteroatoms. The van der Waals surface area contributed by atoms with E-state index in [0.29, 0.717) is 0 Å². The van der Waals surface area contributed by atoms with Crippen molar-refractivity contribution in [1.29, 1.82) is 0 Å². The van der Waals surface area contributed by atoms with Gasteiger partial charge in [0, 0.05) is 6.04 Å². The molecule has 0 saturated heterocycles. The van der Waals surface area contributed by atoms with Gasteiger partial charge in [0.05, 0.1) is 5.75 Å². The summed E-state index contributed by atoms with van der Waals surface area (Å²) in [5, 5.41) is 0. The number of sulfonamides is 1. The maximum atomic E-state index is 12.4. The second-order valence-corrected chi connectivity index (χ2v) is 7.26. The van der Waals surface area contributed by atoms with Gasteiger partial charge in [-0.2, -0.15) is 0 Å². The van der Waals surface area contributed by atoms with E-state index in [9.17, 15) is 8.42 Å². The molecule has 3 nitrogen and oxygen atoms in total. The van der Waals surface area contributed by atoms with Crippen LogP contribution in [-0.2, 0) is 22.2 Å². The molecule has 3 rings (SSSR count). The fraction of sp³-hybridized carbons (Fsp3) is 0.294. The minimum Gasteiger partial charge on any atom is -0.212 e. The quantitative estimate of drug-likeness (QED) is 0.942.